The number of rotatable bonds is 9. The number of ether oxygens (including phenoxy) is 3. The van der Waals surface area contributed by atoms with E-state index in [1.165, 1.54) is 25.7 Å². The normalized spacial score (nSPS) is 45.4. The van der Waals surface area contributed by atoms with Crippen LogP contribution in [0.4, 0.5) is 0 Å². The van der Waals surface area contributed by atoms with Crippen LogP contribution in [0.2, 0.25) is 0 Å². The molecule has 4 fully saturated rings. The van der Waals surface area contributed by atoms with E-state index < -0.39 is 6.29 Å². The molecular weight excluding hydrogens is 300 g/mol. The quantitative estimate of drug-likeness (QED) is 0.289. The van der Waals surface area contributed by atoms with Crippen LogP contribution in [0.1, 0.15) is 25.7 Å². The highest BCUT2D eigenvalue weighted by molar-refractivity contribution is 5.04. The van der Waals surface area contributed by atoms with E-state index in [2.05, 4.69) is 4.89 Å². The van der Waals surface area contributed by atoms with Crippen molar-refractivity contribution >= 4 is 0 Å². The highest BCUT2D eigenvalue weighted by atomic mass is 17.1. The zero-order valence-corrected chi connectivity index (χ0v) is 13.5. The van der Waals surface area contributed by atoms with Gasteiger partial charge in [-0.15, -0.1) is 0 Å². The minimum Gasteiger partial charge on any atom is -0.378 e. The Bertz CT molecular complexity index is 401. The Kier molecular flexibility index (Phi) is 4.90. The third-order valence-electron chi connectivity index (χ3n) is 6.48. The van der Waals surface area contributed by atoms with Crippen LogP contribution in [-0.4, -0.2) is 55.8 Å². The van der Waals surface area contributed by atoms with Crippen molar-refractivity contribution in [2.24, 2.45) is 35.5 Å². The first kappa shape index (κ1) is 16.2. The standard InChI is InChI=1S/C17H28O6/c18-17(23-19)9-20-5-10-1-14-11-3-12(6-21-7-13-8-22-13)15(4-11)16(14)2-10/h10-19H,1-9H2. The number of epoxide rings is 1. The summed E-state index contributed by atoms with van der Waals surface area (Å²) in [6, 6.07) is 0. The molecule has 8 unspecified atom stereocenters. The lowest BCUT2D eigenvalue weighted by molar-refractivity contribution is -0.343. The lowest BCUT2D eigenvalue weighted by Gasteiger charge is -2.31. The van der Waals surface area contributed by atoms with Gasteiger partial charge in [-0.3, -0.25) is 0 Å². The van der Waals surface area contributed by atoms with Crippen LogP contribution in [0.25, 0.3) is 0 Å². The average Bonchev–Trinajstić information content (AvgIpc) is 2.99. The van der Waals surface area contributed by atoms with E-state index in [9.17, 15) is 0 Å². The molecule has 0 radical (unpaired) electrons. The molecule has 0 spiro atoms. The molecule has 0 aromatic heterocycles. The Balaban J connectivity index is 1.21. The molecule has 4 rings (SSSR count). The van der Waals surface area contributed by atoms with E-state index in [0.717, 1.165) is 49.4 Å². The van der Waals surface area contributed by atoms with E-state index in [1.54, 1.807) is 0 Å². The molecule has 0 aromatic carbocycles. The maximum Gasteiger partial charge on any atom is 0.212 e. The smallest absolute Gasteiger partial charge is 0.212 e. The van der Waals surface area contributed by atoms with Gasteiger partial charge in [-0.05, 0) is 61.2 Å². The number of aliphatic hydroxyl groups is 1. The van der Waals surface area contributed by atoms with Crippen LogP contribution in [0.5, 0.6) is 0 Å². The summed E-state index contributed by atoms with van der Waals surface area (Å²) in [5.74, 6) is 4.75. The lowest BCUT2D eigenvalue weighted by atomic mass is 9.76. The summed E-state index contributed by atoms with van der Waals surface area (Å²) in [5, 5.41) is 17.5. The number of aliphatic hydroxyl groups excluding tert-OH is 1. The minimum atomic E-state index is -1.23. The SMILES string of the molecule is OOC(O)COCC1CC2C3CC(COCC4CO4)C(C3)C2C1. The summed E-state index contributed by atoms with van der Waals surface area (Å²) in [6.07, 6.45) is 4.36. The van der Waals surface area contributed by atoms with E-state index >= 15 is 0 Å². The second-order valence-corrected chi connectivity index (χ2v) is 7.91. The molecule has 6 heteroatoms. The van der Waals surface area contributed by atoms with Crippen LogP contribution in [-0.2, 0) is 19.1 Å². The topological polar surface area (TPSA) is 80.7 Å². The molecule has 1 heterocycles. The van der Waals surface area contributed by atoms with Crippen LogP contribution in [0.15, 0.2) is 0 Å². The zero-order valence-electron chi connectivity index (χ0n) is 13.5. The summed E-state index contributed by atoms with van der Waals surface area (Å²) in [7, 11) is 0. The van der Waals surface area contributed by atoms with E-state index in [1.807, 2.05) is 0 Å². The lowest BCUT2D eigenvalue weighted by Crippen LogP contribution is -2.27. The van der Waals surface area contributed by atoms with E-state index in [4.69, 9.17) is 24.6 Å². The number of hydrogen-bond donors (Lipinski definition) is 2. The van der Waals surface area contributed by atoms with Gasteiger partial charge in [-0.2, -0.15) is 0 Å². The fourth-order valence-corrected chi connectivity index (χ4v) is 5.53. The van der Waals surface area contributed by atoms with Crippen molar-refractivity contribution in [2.75, 3.05) is 33.0 Å². The Morgan fingerprint density at radius 2 is 1.78 bits per heavy atom. The first-order valence-electron chi connectivity index (χ1n) is 9.00. The third kappa shape index (κ3) is 3.57. The first-order valence-corrected chi connectivity index (χ1v) is 9.00. The van der Waals surface area contributed by atoms with Crippen LogP contribution in [0.3, 0.4) is 0 Å². The van der Waals surface area contributed by atoms with Gasteiger partial charge in [0.25, 0.3) is 0 Å². The monoisotopic (exact) mass is 328 g/mol. The molecule has 0 amide bonds. The molecular formula is C17H28O6. The van der Waals surface area contributed by atoms with Gasteiger partial charge in [0, 0.05) is 13.2 Å². The van der Waals surface area contributed by atoms with Gasteiger partial charge in [-0.25, -0.2) is 10.1 Å². The summed E-state index contributed by atoms with van der Waals surface area (Å²) in [4.78, 5) is 3.81. The highest BCUT2D eigenvalue weighted by Gasteiger charge is 2.55. The second-order valence-electron chi connectivity index (χ2n) is 7.91. The summed E-state index contributed by atoms with van der Waals surface area (Å²) in [5.41, 5.74) is 0. The highest BCUT2D eigenvalue weighted by Crippen LogP contribution is 2.62. The van der Waals surface area contributed by atoms with Crippen molar-refractivity contribution in [1.29, 1.82) is 0 Å². The molecule has 4 aliphatic rings. The van der Waals surface area contributed by atoms with Gasteiger partial charge in [0.2, 0.25) is 6.29 Å². The molecule has 0 aromatic rings. The maximum atomic E-state index is 9.13. The molecule has 2 bridgehead atoms. The van der Waals surface area contributed by atoms with E-state index in [0.29, 0.717) is 18.6 Å². The van der Waals surface area contributed by atoms with Crippen molar-refractivity contribution in [3.05, 3.63) is 0 Å². The van der Waals surface area contributed by atoms with Crippen molar-refractivity contribution in [3.8, 4) is 0 Å². The fourth-order valence-electron chi connectivity index (χ4n) is 5.53. The third-order valence-corrected chi connectivity index (χ3v) is 6.48. The molecule has 6 nitrogen and oxygen atoms in total. The predicted octanol–water partition coefficient (Wildman–Crippen LogP) is 1.52. The first-order chi connectivity index (χ1) is 11.2. The number of hydrogen-bond acceptors (Lipinski definition) is 6. The van der Waals surface area contributed by atoms with Crippen LogP contribution >= 0.6 is 0 Å². The fraction of sp³-hybridized carbons (Fsp3) is 1.00. The number of fused-ring (bicyclic) bond motifs is 5. The molecule has 3 aliphatic carbocycles. The molecule has 1 aliphatic heterocycles. The van der Waals surface area contributed by atoms with Crippen molar-refractivity contribution < 1.29 is 29.5 Å². The summed E-state index contributed by atoms with van der Waals surface area (Å²) >= 11 is 0. The van der Waals surface area contributed by atoms with Crippen LogP contribution in [0, 0.1) is 35.5 Å². The average molecular weight is 328 g/mol. The molecule has 8 atom stereocenters. The zero-order chi connectivity index (χ0) is 15.8. The molecule has 3 saturated carbocycles. The van der Waals surface area contributed by atoms with Gasteiger partial charge in [0.1, 0.15) is 12.7 Å². The molecule has 23 heavy (non-hydrogen) atoms. The molecule has 1 saturated heterocycles. The molecule has 2 N–H and O–H groups in total. The maximum absolute atomic E-state index is 9.13. The van der Waals surface area contributed by atoms with Crippen molar-refractivity contribution in [1.82, 2.24) is 0 Å². The van der Waals surface area contributed by atoms with E-state index in [-0.39, 0.29) is 6.61 Å². The Morgan fingerprint density at radius 3 is 2.57 bits per heavy atom. The van der Waals surface area contributed by atoms with Gasteiger partial charge in [0.15, 0.2) is 0 Å². The Morgan fingerprint density at radius 1 is 0.957 bits per heavy atom. The van der Waals surface area contributed by atoms with Crippen molar-refractivity contribution in [2.45, 2.75) is 38.1 Å². The Labute approximate surface area is 137 Å². The summed E-state index contributed by atoms with van der Waals surface area (Å²) in [6.45, 7) is 3.25. The molecule has 132 valence electrons. The van der Waals surface area contributed by atoms with Crippen molar-refractivity contribution in [3.63, 3.8) is 0 Å². The van der Waals surface area contributed by atoms with Gasteiger partial charge in [-0.1, -0.05) is 0 Å². The Hall–Kier alpha value is -0.240. The minimum absolute atomic E-state index is 0.0366. The van der Waals surface area contributed by atoms with Crippen LogP contribution < -0.4 is 0 Å². The van der Waals surface area contributed by atoms with Gasteiger partial charge in [0.05, 0.1) is 13.2 Å². The van der Waals surface area contributed by atoms with Gasteiger partial charge >= 0.3 is 0 Å². The second kappa shape index (κ2) is 6.94. The predicted molar refractivity (Wildman–Crippen MR) is 80.5 cm³/mol. The van der Waals surface area contributed by atoms with Gasteiger partial charge < -0.3 is 19.3 Å². The largest absolute Gasteiger partial charge is 0.378 e. The summed E-state index contributed by atoms with van der Waals surface area (Å²) < 4.78 is 16.5.